The molecule has 6 nitrogen and oxygen atoms in total. The van der Waals surface area contributed by atoms with E-state index >= 15 is 0 Å². The number of β-amino-alcohol motifs (C(OH)–C–C–N with tert-alkyl or cyclic N) is 1. The van der Waals surface area contributed by atoms with E-state index in [1.807, 2.05) is 53.2 Å². The Bertz CT molecular complexity index is 1090. The van der Waals surface area contributed by atoms with Crippen LogP contribution < -0.4 is 0 Å². The van der Waals surface area contributed by atoms with E-state index in [0.717, 1.165) is 35.0 Å². The minimum atomic E-state index is -0.552. The van der Waals surface area contributed by atoms with E-state index in [2.05, 4.69) is 4.98 Å². The molecule has 0 radical (unpaired) electrons. The lowest BCUT2D eigenvalue weighted by Gasteiger charge is -2.17. The van der Waals surface area contributed by atoms with Crippen LogP contribution in [-0.2, 0) is 17.8 Å². The number of aliphatic hydroxyl groups excluding tert-OH is 1. The predicted molar refractivity (Wildman–Crippen MR) is 113 cm³/mol. The summed E-state index contributed by atoms with van der Waals surface area (Å²) in [5, 5.41) is 11.4. The number of pyridine rings is 1. The van der Waals surface area contributed by atoms with E-state index in [9.17, 15) is 14.7 Å². The van der Waals surface area contributed by atoms with Gasteiger partial charge in [-0.15, -0.1) is 0 Å². The molecule has 154 valence electrons. The van der Waals surface area contributed by atoms with Gasteiger partial charge in [0.2, 0.25) is 5.91 Å². The lowest BCUT2D eigenvalue weighted by molar-refractivity contribution is -0.131. The van der Waals surface area contributed by atoms with E-state index in [4.69, 9.17) is 0 Å². The third-order valence-corrected chi connectivity index (χ3v) is 6.26. The van der Waals surface area contributed by atoms with Crippen LogP contribution in [0.5, 0.6) is 0 Å². The van der Waals surface area contributed by atoms with Crippen molar-refractivity contribution in [3.05, 3.63) is 66.1 Å². The molecule has 30 heavy (non-hydrogen) atoms. The van der Waals surface area contributed by atoms with Crippen molar-refractivity contribution < 1.29 is 14.7 Å². The first-order chi connectivity index (χ1) is 14.6. The maximum Gasteiger partial charge on any atom is 0.242 e. The van der Waals surface area contributed by atoms with Gasteiger partial charge in [0.25, 0.3) is 0 Å². The summed E-state index contributed by atoms with van der Waals surface area (Å²) in [5.74, 6) is 0.270. The molecule has 5 rings (SSSR count). The van der Waals surface area contributed by atoms with Gasteiger partial charge < -0.3 is 14.6 Å². The second-order valence-corrected chi connectivity index (χ2v) is 8.48. The number of carbonyl (C=O) groups is 2. The second-order valence-electron chi connectivity index (χ2n) is 8.48. The molecule has 0 bridgehead atoms. The van der Waals surface area contributed by atoms with Crippen LogP contribution in [0.1, 0.15) is 28.9 Å². The van der Waals surface area contributed by atoms with E-state index in [0.29, 0.717) is 19.5 Å². The number of aromatic nitrogens is 2. The van der Waals surface area contributed by atoms with Gasteiger partial charge in [0.1, 0.15) is 6.54 Å². The molecule has 1 aliphatic carbocycles. The van der Waals surface area contributed by atoms with Crippen LogP contribution in [0, 0.1) is 11.8 Å². The van der Waals surface area contributed by atoms with Gasteiger partial charge in [0, 0.05) is 59.5 Å². The zero-order valence-corrected chi connectivity index (χ0v) is 16.8. The number of benzene rings is 1. The molecule has 1 aromatic carbocycles. The first-order valence-corrected chi connectivity index (χ1v) is 10.6. The quantitative estimate of drug-likeness (QED) is 0.642. The summed E-state index contributed by atoms with van der Waals surface area (Å²) in [6, 6.07) is 13.5. The smallest absolute Gasteiger partial charge is 0.242 e. The highest BCUT2D eigenvalue weighted by Crippen LogP contribution is 2.35. The molecule has 6 heteroatoms. The van der Waals surface area contributed by atoms with E-state index in [1.165, 1.54) is 0 Å². The average molecular weight is 403 g/mol. The number of fused-ring (bicyclic) bond motifs is 1. The summed E-state index contributed by atoms with van der Waals surface area (Å²) < 4.78 is 1.88. The molecular weight excluding hydrogens is 378 g/mol. The number of nitrogens with zero attached hydrogens (tertiary/aromatic N) is 3. The second kappa shape index (κ2) is 7.69. The van der Waals surface area contributed by atoms with Crippen molar-refractivity contribution in [2.75, 3.05) is 13.1 Å². The monoisotopic (exact) mass is 403 g/mol. The third-order valence-electron chi connectivity index (χ3n) is 6.26. The predicted octanol–water partition coefficient (Wildman–Crippen LogP) is 2.69. The summed E-state index contributed by atoms with van der Waals surface area (Å²) in [5.41, 5.74) is 2.55. The molecular formula is C24H25N3O3. The first kappa shape index (κ1) is 19.0. The lowest BCUT2D eigenvalue weighted by Crippen LogP contribution is -2.32. The molecule has 3 heterocycles. The van der Waals surface area contributed by atoms with E-state index < -0.39 is 6.10 Å². The van der Waals surface area contributed by atoms with Crippen molar-refractivity contribution in [3.8, 4) is 0 Å². The number of hydrogen-bond donors (Lipinski definition) is 1. The Morgan fingerprint density at radius 3 is 2.63 bits per heavy atom. The van der Waals surface area contributed by atoms with E-state index in [1.54, 1.807) is 11.1 Å². The number of amides is 1. The van der Waals surface area contributed by atoms with Crippen molar-refractivity contribution in [2.24, 2.45) is 11.8 Å². The molecule has 2 aromatic heterocycles. The summed E-state index contributed by atoms with van der Waals surface area (Å²) in [7, 11) is 0. The molecule has 3 aromatic rings. The molecule has 1 saturated carbocycles. The van der Waals surface area contributed by atoms with Gasteiger partial charge in [-0.2, -0.15) is 0 Å². The van der Waals surface area contributed by atoms with Gasteiger partial charge in [-0.3, -0.25) is 14.6 Å². The summed E-state index contributed by atoms with van der Waals surface area (Å²) >= 11 is 0. The van der Waals surface area contributed by atoms with Gasteiger partial charge in [-0.1, -0.05) is 24.3 Å². The lowest BCUT2D eigenvalue weighted by atomic mass is 10.00. The summed E-state index contributed by atoms with van der Waals surface area (Å²) in [6.45, 7) is 1.02. The fraction of sp³-hybridized carbons (Fsp3) is 0.375. The fourth-order valence-electron chi connectivity index (χ4n) is 4.43. The molecule has 0 unspecified atom stereocenters. The van der Waals surface area contributed by atoms with Gasteiger partial charge in [0.15, 0.2) is 5.78 Å². The van der Waals surface area contributed by atoms with Gasteiger partial charge in [-0.25, -0.2) is 0 Å². The summed E-state index contributed by atoms with van der Waals surface area (Å²) in [4.78, 5) is 31.8. The Morgan fingerprint density at radius 2 is 1.87 bits per heavy atom. The van der Waals surface area contributed by atoms with Crippen molar-refractivity contribution in [2.45, 2.75) is 31.9 Å². The number of Topliss-reactive ketones (excluding diaryl/α,β-unsaturated/α-hetero) is 1. The van der Waals surface area contributed by atoms with Crippen LogP contribution in [-0.4, -0.2) is 50.4 Å². The minimum absolute atomic E-state index is 0.0164. The van der Waals surface area contributed by atoms with Gasteiger partial charge in [0.05, 0.1) is 6.10 Å². The molecule has 2 fully saturated rings. The van der Waals surface area contributed by atoms with Crippen molar-refractivity contribution in [1.82, 2.24) is 14.5 Å². The number of para-hydroxylation sites is 1. The number of rotatable bonds is 6. The van der Waals surface area contributed by atoms with E-state index in [-0.39, 0.29) is 30.1 Å². The summed E-state index contributed by atoms with van der Waals surface area (Å²) in [6.07, 6.45) is 5.60. The normalized spacial score (nSPS) is 21.3. The first-order valence-electron chi connectivity index (χ1n) is 10.6. The highest BCUT2D eigenvalue weighted by Gasteiger charge is 2.35. The van der Waals surface area contributed by atoms with Crippen LogP contribution in [0.3, 0.4) is 0 Å². The Hall–Kier alpha value is -2.99. The zero-order valence-electron chi connectivity index (χ0n) is 16.8. The van der Waals surface area contributed by atoms with Crippen LogP contribution in [0.15, 0.2) is 54.9 Å². The molecule has 1 saturated heterocycles. The SMILES string of the molecule is O=C(c1cn(CC(=O)N2C[C@@H](Cc3ccccn3)[C@H](O)C2)c2ccccc12)C1CC1. The zero-order chi connectivity index (χ0) is 20.7. The number of aliphatic hydroxyl groups is 1. The maximum atomic E-state index is 13.0. The number of carbonyl (C=O) groups excluding carboxylic acids is 2. The van der Waals surface area contributed by atoms with Crippen molar-refractivity contribution >= 4 is 22.6 Å². The molecule has 2 atom stereocenters. The number of likely N-dealkylation sites (tertiary alicyclic amines) is 1. The third kappa shape index (κ3) is 3.63. The minimum Gasteiger partial charge on any atom is -0.391 e. The Balaban J connectivity index is 1.32. The fourth-order valence-corrected chi connectivity index (χ4v) is 4.43. The average Bonchev–Trinajstić information content (AvgIpc) is 3.47. The highest BCUT2D eigenvalue weighted by atomic mass is 16.3. The number of hydrogen-bond acceptors (Lipinski definition) is 4. The van der Waals surface area contributed by atoms with Crippen molar-refractivity contribution in [3.63, 3.8) is 0 Å². The Kier molecular flexibility index (Phi) is 4.87. The largest absolute Gasteiger partial charge is 0.391 e. The Labute approximate surface area is 175 Å². The molecule has 1 aliphatic heterocycles. The van der Waals surface area contributed by atoms with Crippen molar-refractivity contribution in [1.29, 1.82) is 0 Å². The standard InChI is InChI=1S/C24H25N3O3/c28-22-14-27(12-17(22)11-18-5-3-4-10-25-18)23(29)15-26-13-20(24(30)16-8-9-16)19-6-1-2-7-21(19)26/h1-7,10,13,16-17,22,28H,8-9,11-12,14-15H2/t17-,22-/m1/s1. The Morgan fingerprint density at radius 1 is 1.07 bits per heavy atom. The highest BCUT2D eigenvalue weighted by molar-refractivity contribution is 6.10. The molecule has 0 spiro atoms. The molecule has 1 amide bonds. The molecule has 2 aliphatic rings. The van der Waals surface area contributed by atoms with Crippen LogP contribution >= 0.6 is 0 Å². The van der Waals surface area contributed by atoms with Gasteiger partial charge in [-0.05, 0) is 37.5 Å². The van der Waals surface area contributed by atoms with Crippen LogP contribution in [0.4, 0.5) is 0 Å². The van der Waals surface area contributed by atoms with Crippen LogP contribution in [0.2, 0.25) is 0 Å². The van der Waals surface area contributed by atoms with Crippen LogP contribution in [0.25, 0.3) is 10.9 Å². The maximum absolute atomic E-state index is 13.0. The molecule has 1 N–H and O–H groups in total. The topological polar surface area (TPSA) is 75.4 Å². The van der Waals surface area contributed by atoms with Gasteiger partial charge >= 0.3 is 0 Å². The number of ketones is 1.